The number of ether oxygens (including phenoxy) is 1. The van der Waals surface area contributed by atoms with E-state index >= 15 is 0 Å². The Morgan fingerprint density at radius 3 is 2.50 bits per heavy atom. The maximum absolute atomic E-state index is 13.2. The van der Waals surface area contributed by atoms with Crippen molar-refractivity contribution in [3.63, 3.8) is 0 Å². The van der Waals surface area contributed by atoms with Gasteiger partial charge in [-0.25, -0.2) is 0 Å². The van der Waals surface area contributed by atoms with E-state index in [1.54, 1.807) is 31.4 Å². The highest BCUT2D eigenvalue weighted by Crippen LogP contribution is 2.28. The molecule has 1 aromatic heterocycles. The fourth-order valence-electron chi connectivity index (χ4n) is 3.24. The molecule has 4 rings (SSSR count). The number of carbonyl (C=O) groups is 2. The average molecular weight is 537 g/mol. The van der Waals surface area contributed by atoms with Gasteiger partial charge in [0.25, 0.3) is 5.91 Å². The Hall–Kier alpha value is -3.56. The molecule has 0 aliphatic carbocycles. The second-order valence-electron chi connectivity index (χ2n) is 7.36. The van der Waals surface area contributed by atoms with Crippen molar-refractivity contribution in [2.24, 2.45) is 0 Å². The second kappa shape index (κ2) is 11.0. The molecule has 2 amide bonds. The number of nitrogens with zero attached hydrogens (tertiary/aromatic N) is 2. The van der Waals surface area contributed by atoms with Crippen LogP contribution in [0.1, 0.15) is 15.9 Å². The van der Waals surface area contributed by atoms with Crippen molar-refractivity contribution >= 4 is 44.2 Å². The second-order valence-corrected chi connectivity index (χ2v) is 9.25. The first-order chi connectivity index (χ1) is 16.5. The maximum Gasteiger partial charge on any atom is 0.251 e. The first-order valence-electron chi connectivity index (χ1n) is 10.4. The fraction of sp³-hybridized carbons (Fsp3) is 0.120. The molecular formula is C25H21BrN4O3S. The molecule has 0 radical (unpaired) electrons. The van der Waals surface area contributed by atoms with Crippen LogP contribution in [0.3, 0.4) is 0 Å². The van der Waals surface area contributed by atoms with E-state index in [0.29, 0.717) is 27.9 Å². The number of carbonyl (C=O) groups excluding carboxylic acids is 2. The monoisotopic (exact) mass is 536 g/mol. The van der Waals surface area contributed by atoms with Gasteiger partial charge in [0, 0.05) is 22.0 Å². The Kier molecular flexibility index (Phi) is 7.66. The molecule has 1 atom stereocenters. The van der Waals surface area contributed by atoms with Gasteiger partial charge >= 0.3 is 0 Å². The zero-order chi connectivity index (χ0) is 23.9. The SMILES string of the molecule is COc1cccc(-c2nnc(NC(=O)[C@@H](Cc3ccccc3)NC(=O)c3ccc(Br)cc3)s2)c1. The topological polar surface area (TPSA) is 93.2 Å². The van der Waals surface area contributed by atoms with E-state index in [4.69, 9.17) is 4.74 Å². The molecule has 2 N–H and O–H groups in total. The number of methoxy groups -OCH3 is 1. The van der Waals surface area contributed by atoms with Crippen LogP contribution in [0.4, 0.5) is 5.13 Å². The van der Waals surface area contributed by atoms with Crippen molar-refractivity contribution in [3.8, 4) is 16.3 Å². The Balaban J connectivity index is 1.51. The number of hydrogen-bond donors (Lipinski definition) is 2. The first kappa shape index (κ1) is 23.6. The minimum Gasteiger partial charge on any atom is -0.497 e. The molecule has 0 aliphatic rings. The predicted octanol–water partition coefficient (Wildman–Crippen LogP) is 4.96. The van der Waals surface area contributed by atoms with Crippen LogP contribution < -0.4 is 15.4 Å². The Bertz CT molecular complexity index is 1280. The molecular weight excluding hydrogens is 516 g/mol. The van der Waals surface area contributed by atoms with Gasteiger partial charge in [-0.3, -0.25) is 14.9 Å². The summed E-state index contributed by atoms with van der Waals surface area (Å²) >= 11 is 4.61. The minimum atomic E-state index is -0.803. The van der Waals surface area contributed by atoms with Crippen molar-refractivity contribution in [2.45, 2.75) is 12.5 Å². The largest absolute Gasteiger partial charge is 0.497 e. The third-order valence-corrected chi connectivity index (χ3v) is 6.40. The van der Waals surface area contributed by atoms with Crippen LogP contribution in [-0.4, -0.2) is 35.2 Å². The molecule has 3 aromatic carbocycles. The van der Waals surface area contributed by atoms with Gasteiger partial charge in [0.1, 0.15) is 16.8 Å². The number of halogens is 1. The average Bonchev–Trinajstić information content (AvgIpc) is 3.33. The number of hydrogen-bond acceptors (Lipinski definition) is 6. The lowest BCUT2D eigenvalue weighted by molar-refractivity contribution is -0.118. The van der Waals surface area contributed by atoms with E-state index in [2.05, 4.69) is 36.8 Å². The lowest BCUT2D eigenvalue weighted by Crippen LogP contribution is -2.45. The van der Waals surface area contributed by atoms with Gasteiger partial charge in [0.05, 0.1) is 7.11 Å². The summed E-state index contributed by atoms with van der Waals surface area (Å²) in [6.07, 6.45) is 0.330. The molecule has 0 fully saturated rings. The van der Waals surface area contributed by atoms with Gasteiger partial charge in [0.2, 0.25) is 11.0 Å². The van der Waals surface area contributed by atoms with Crippen LogP contribution >= 0.6 is 27.3 Å². The van der Waals surface area contributed by atoms with Gasteiger partial charge in [-0.05, 0) is 42.0 Å². The van der Waals surface area contributed by atoms with Crippen LogP contribution in [0, 0.1) is 0 Å². The van der Waals surface area contributed by atoms with Gasteiger partial charge in [0.15, 0.2) is 0 Å². The summed E-state index contributed by atoms with van der Waals surface area (Å²) in [5, 5.41) is 14.9. The van der Waals surface area contributed by atoms with E-state index in [-0.39, 0.29) is 11.8 Å². The standard InChI is InChI=1S/C25H21BrN4O3S/c1-33-20-9-5-8-18(15-20)24-29-30-25(34-24)28-23(32)21(14-16-6-3-2-4-7-16)27-22(31)17-10-12-19(26)13-11-17/h2-13,15,21H,14H2,1H3,(H,27,31)(H,28,30,32)/t21-/m1/s1. The molecule has 1 heterocycles. The molecule has 0 spiro atoms. The van der Waals surface area contributed by atoms with Gasteiger partial charge in [-0.2, -0.15) is 0 Å². The summed E-state index contributed by atoms with van der Waals surface area (Å²) in [5.41, 5.74) is 2.22. The highest BCUT2D eigenvalue weighted by molar-refractivity contribution is 9.10. The van der Waals surface area contributed by atoms with Crippen LogP contribution in [0.15, 0.2) is 83.3 Å². The molecule has 4 aromatic rings. The van der Waals surface area contributed by atoms with Gasteiger partial charge in [-0.15, -0.1) is 10.2 Å². The highest BCUT2D eigenvalue weighted by Gasteiger charge is 2.23. The summed E-state index contributed by atoms with van der Waals surface area (Å²) in [6.45, 7) is 0. The zero-order valence-electron chi connectivity index (χ0n) is 18.2. The lowest BCUT2D eigenvalue weighted by Gasteiger charge is -2.18. The molecule has 7 nitrogen and oxygen atoms in total. The van der Waals surface area contributed by atoms with Crippen LogP contribution in [0.5, 0.6) is 5.75 Å². The van der Waals surface area contributed by atoms with Gasteiger partial charge in [-0.1, -0.05) is 69.7 Å². The summed E-state index contributed by atoms with van der Waals surface area (Å²) in [5.74, 6) is -0.00237. The molecule has 34 heavy (non-hydrogen) atoms. The molecule has 0 aliphatic heterocycles. The Labute approximate surface area is 209 Å². The smallest absolute Gasteiger partial charge is 0.251 e. The Morgan fingerprint density at radius 2 is 1.76 bits per heavy atom. The number of rotatable bonds is 8. The van der Waals surface area contributed by atoms with Crippen molar-refractivity contribution < 1.29 is 14.3 Å². The van der Waals surface area contributed by atoms with Crippen LogP contribution in [0.2, 0.25) is 0 Å². The summed E-state index contributed by atoms with van der Waals surface area (Å²) in [6, 6.07) is 23.1. The van der Waals surface area contributed by atoms with Crippen LogP contribution in [0.25, 0.3) is 10.6 Å². The van der Waals surface area contributed by atoms with Crippen molar-refractivity contribution in [1.29, 1.82) is 0 Å². The number of nitrogens with one attached hydrogen (secondary N) is 2. The summed E-state index contributed by atoms with van der Waals surface area (Å²) in [7, 11) is 1.60. The van der Waals surface area contributed by atoms with Gasteiger partial charge < -0.3 is 10.1 Å². The van der Waals surface area contributed by atoms with Crippen molar-refractivity contribution in [2.75, 3.05) is 12.4 Å². The predicted molar refractivity (Wildman–Crippen MR) is 136 cm³/mol. The molecule has 0 saturated carbocycles. The first-order valence-corrected chi connectivity index (χ1v) is 12.0. The highest BCUT2D eigenvalue weighted by atomic mass is 79.9. The normalized spacial score (nSPS) is 11.5. The van der Waals surface area contributed by atoms with Crippen molar-refractivity contribution in [1.82, 2.24) is 15.5 Å². The third kappa shape index (κ3) is 6.06. The van der Waals surface area contributed by atoms with Crippen LogP contribution in [-0.2, 0) is 11.2 Å². The summed E-state index contributed by atoms with van der Waals surface area (Å²) < 4.78 is 6.13. The minimum absolute atomic E-state index is 0.330. The van der Waals surface area contributed by atoms with E-state index in [9.17, 15) is 9.59 Å². The molecule has 0 saturated heterocycles. The number of aromatic nitrogens is 2. The Morgan fingerprint density at radius 1 is 1.00 bits per heavy atom. The van der Waals surface area contributed by atoms with E-state index in [0.717, 1.165) is 15.6 Å². The molecule has 0 unspecified atom stereocenters. The lowest BCUT2D eigenvalue weighted by atomic mass is 10.0. The number of amides is 2. The molecule has 172 valence electrons. The maximum atomic E-state index is 13.2. The molecule has 0 bridgehead atoms. The van der Waals surface area contributed by atoms with E-state index < -0.39 is 6.04 Å². The fourth-order valence-corrected chi connectivity index (χ4v) is 4.25. The summed E-state index contributed by atoms with van der Waals surface area (Å²) in [4.78, 5) is 26.0. The zero-order valence-corrected chi connectivity index (χ0v) is 20.6. The molecule has 9 heteroatoms. The quantitative estimate of drug-likeness (QED) is 0.332. The van der Waals surface area contributed by atoms with E-state index in [1.165, 1.54) is 11.3 Å². The third-order valence-electron chi connectivity index (χ3n) is 4.98. The number of anilines is 1. The van der Waals surface area contributed by atoms with Crippen molar-refractivity contribution in [3.05, 3.63) is 94.5 Å². The van der Waals surface area contributed by atoms with E-state index in [1.807, 2.05) is 54.6 Å². The number of benzene rings is 3.